The summed E-state index contributed by atoms with van der Waals surface area (Å²) in [7, 11) is 4.10. The second-order valence-electron chi connectivity index (χ2n) is 6.15. The van der Waals surface area contributed by atoms with Crippen LogP contribution in [-0.4, -0.2) is 44.0 Å². The fraction of sp³-hybridized carbons (Fsp3) is 0.190. The molecule has 3 rings (SSSR count). The van der Waals surface area contributed by atoms with Gasteiger partial charge in [-0.2, -0.15) is 4.58 Å². The lowest BCUT2D eigenvalue weighted by molar-refractivity contribution is -0.525. The van der Waals surface area contributed by atoms with Gasteiger partial charge in [-0.1, -0.05) is 42.5 Å². The van der Waals surface area contributed by atoms with Crippen LogP contribution in [0.5, 0.6) is 0 Å². The van der Waals surface area contributed by atoms with Crippen LogP contribution in [0.4, 0.5) is 5.69 Å². The van der Waals surface area contributed by atoms with Crippen molar-refractivity contribution in [3.8, 4) is 0 Å². The zero-order valence-corrected chi connectivity index (χ0v) is 15.8. The largest absolute Gasteiger partial charge is 0.863 e. The van der Waals surface area contributed by atoms with Gasteiger partial charge in [0.05, 0.1) is 31.2 Å². The standard InChI is InChI=1S/C21H20N2O5/c1-22-16-12-8-7-11-15(16)13-23(19(22)14-9-5-4-6-10-14)17(20(25)27-2)18(24)21(26)28-3/h4-13,19H,1-3H3. The first kappa shape index (κ1) is 19.2. The van der Waals surface area contributed by atoms with Gasteiger partial charge in [0.1, 0.15) is 0 Å². The van der Waals surface area contributed by atoms with Gasteiger partial charge in [0.15, 0.2) is 6.21 Å². The topological polar surface area (TPSA) is 81.9 Å². The van der Waals surface area contributed by atoms with E-state index in [4.69, 9.17) is 4.74 Å². The molecule has 0 saturated carbocycles. The van der Waals surface area contributed by atoms with Gasteiger partial charge in [0.25, 0.3) is 11.9 Å². The first-order valence-electron chi connectivity index (χ1n) is 8.57. The van der Waals surface area contributed by atoms with Crippen LogP contribution >= 0.6 is 0 Å². The fourth-order valence-electron chi connectivity index (χ4n) is 3.25. The van der Waals surface area contributed by atoms with Crippen LogP contribution in [0.15, 0.2) is 66.1 Å². The fourth-order valence-corrected chi connectivity index (χ4v) is 3.25. The van der Waals surface area contributed by atoms with E-state index in [0.717, 1.165) is 31.0 Å². The van der Waals surface area contributed by atoms with E-state index in [2.05, 4.69) is 4.74 Å². The summed E-state index contributed by atoms with van der Waals surface area (Å²) < 4.78 is 10.8. The monoisotopic (exact) mass is 380 g/mol. The van der Waals surface area contributed by atoms with Crippen LogP contribution in [0.2, 0.25) is 0 Å². The van der Waals surface area contributed by atoms with E-state index in [1.54, 1.807) is 6.21 Å². The molecule has 2 aromatic rings. The molecule has 0 saturated heterocycles. The number of rotatable bonds is 4. The van der Waals surface area contributed by atoms with Crippen LogP contribution < -0.4 is 10.0 Å². The van der Waals surface area contributed by atoms with Crippen molar-refractivity contribution in [2.75, 3.05) is 26.2 Å². The Kier molecular flexibility index (Phi) is 5.44. The SMILES string of the molecule is COC(=O)/C([O-])=C(\C(=O)OC)[N+]1=Cc2ccccc2N(C)C1c1ccccc1. The zero-order valence-electron chi connectivity index (χ0n) is 15.8. The van der Waals surface area contributed by atoms with Crippen LogP contribution in [0.25, 0.3) is 0 Å². The Bertz CT molecular complexity index is 966. The average molecular weight is 380 g/mol. The molecule has 1 atom stereocenters. The molecule has 1 aliphatic heterocycles. The number of nitrogens with zero attached hydrogens (tertiary/aromatic N) is 2. The van der Waals surface area contributed by atoms with Gasteiger partial charge in [-0.05, 0) is 12.1 Å². The highest BCUT2D eigenvalue weighted by Gasteiger charge is 2.40. The van der Waals surface area contributed by atoms with Crippen molar-refractivity contribution in [1.29, 1.82) is 0 Å². The van der Waals surface area contributed by atoms with Gasteiger partial charge in [-0.25, -0.2) is 9.59 Å². The van der Waals surface area contributed by atoms with Crippen LogP contribution in [-0.2, 0) is 19.1 Å². The van der Waals surface area contributed by atoms with Gasteiger partial charge >= 0.3 is 11.9 Å². The number of benzene rings is 2. The van der Waals surface area contributed by atoms with E-state index < -0.39 is 29.6 Å². The first-order chi connectivity index (χ1) is 13.5. The van der Waals surface area contributed by atoms with Gasteiger partial charge in [-0.15, -0.1) is 0 Å². The maximum Gasteiger partial charge on any atom is 0.403 e. The molecule has 0 N–H and O–H groups in total. The van der Waals surface area contributed by atoms with Gasteiger partial charge < -0.3 is 19.5 Å². The molecule has 0 amide bonds. The number of carbonyl (C=O) groups is 2. The predicted molar refractivity (Wildman–Crippen MR) is 101 cm³/mol. The Balaban J connectivity index is 2.30. The lowest BCUT2D eigenvalue weighted by atomic mass is 10.0. The summed E-state index contributed by atoms with van der Waals surface area (Å²) in [6, 6.07) is 16.9. The molecule has 0 fully saturated rings. The van der Waals surface area contributed by atoms with E-state index in [9.17, 15) is 14.7 Å². The van der Waals surface area contributed by atoms with Crippen LogP contribution in [0, 0.1) is 0 Å². The zero-order chi connectivity index (χ0) is 20.3. The van der Waals surface area contributed by atoms with Crippen LogP contribution in [0.1, 0.15) is 17.3 Å². The molecule has 0 spiro atoms. The summed E-state index contributed by atoms with van der Waals surface area (Å²) in [6.45, 7) is 0. The second-order valence-corrected chi connectivity index (χ2v) is 6.15. The summed E-state index contributed by atoms with van der Waals surface area (Å²) >= 11 is 0. The Hall–Kier alpha value is -3.61. The number of esters is 2. The lowest BCUT2D eigenvalue weighted by Crippen LogP contribution is -2.42. The number of carbonyl (C=O) groups excluding carboxylic acids is 2. The Morgan fingerprint density at radius 1 is 0.964 bits per heavy atom. The second kappa shape index (κ2) is 7.96. The van der Waals surface area contributed by atoms with Gasteiger partial charge in [-0.3, -0.25) is 0 Å². The number of hydrogen-bond acceptors (Lipinski definition) is 6. The number of ether oxygens (including phenoxy) is 2. The molecule has 7 nitrogen and oxygen atoms in total. The maximum atomic E-state index is 12.7. The van der Waals surface area contributed by atoms with Crippen molar-refractivity contribution >= 4 is 23.8 Å². The molecule has 2 aromatic carbocycles. The number of para-hydroxylation sites is 1. The van der Waals surface area contributed by atoms with E-state index in [-0.39, 0.29) is 0 Å². The van der Waals surface area contributed by atoms with E-state index in [1.165, 1.54) is 4.58 Å². The van der Waals surface area contributed by atoms with Crippen molar-refractivity contribution in [2.24, 2.45) is 0 Å². The third-order valence-corrected chi connectivity index (χ3v) is 4.55. The molecule has 0 aliphatic carbocycles. The minimum absolute atomic E-state index is 0.412. The Morgan fingerprint density at radius 3 is 2.21 bits per heavy atom. The summed E-state index contributed by atoms with van der Waals surface area (Å²) in [5.41, 5.74) is 2.12. The van der Waals surface area contributed by atoms with Crippen LogP contribution in [0.3, 0.4) is 0 Å². The van der Waals surface area contributed by atoms with Gasteiger partial charge in [0.2, 0.25) is 0 Å². The minimum atomic E-state index is -1.14. The minimum Gasteiger partial charge on any atom is -0.863 e. The van der Waals surface area contributed by atoms with E-state index >= 15 is 0 Å². The molecule has 144 valence electrons. The van der Waals surface area contributed by atoms with E-state index in [0.29, 0.717) is 0 Å². The average Bonchev–Trinajstić information content (AvgIpc) is 2.73. The van der Waals surface area contributed by atoms with Crippen molar-refractivity contribution in [3.63, 3.8) is 0 Å². The first-order valence-corrected chi connectivity index (χ1v) is 8.57. The highest BCUT2D eigenvalue weighted by Crippen LogP contribution is 2.34. The molecular formula is C21H20N2O5. The highest BCUT2D eigenvalue weighted by atomic mass is 16.5. The molecule has 1 aliphatic rings. The molecule has 1 unspecified atom stereocenters. The molecule has 0 bridgehead atoms. The highest BCUT2D eigenvalue weighted by molar-refractivity contribution is 5.98. The molecule has 28 heavy (non-hydrogen) atoms. The van der Waals surface area contributed by atoms with E-state index in [1.807, 2.05) is 66.5 Å². The third kappa shape index (κ3) is 3.34. The summed E-state index contributed by atoms with van der Waals surface area (Å²) in [5.74, 6) is -3.12. The number of hydrogen-bond donors (Lipinski definition) is 0. The third-order valence-electron chi connectivity index (χ3n) is 4.55. The number of fused-ring (bicyclic) bond motifs is 1. The molecular weight excluding hydrogens is 360 g/mol. The predicted octanol–water partition coefficient (Wildman–Crippen LogP) is 1.18. The maximum absolute atomic E-state index is 12.7. The van der Waals surface area contributed by atoms with Crippen molar-refractivity contribution < 1.29 is 28.7 Å². The van der Waals surface area contributed by atoms with Crippen molar-refractivity contribution in [1.82, 2.24) is 0 Å². The molecule has 7 heteroatoms. The smallest absolute Gasteiger partial charge is 0.403 e. The lowest BCUT2D eigenvalue weighted by Gasteiger charge is -2.32. The van der Waals surface area contributed by atoms with Gasteiger partial charge in [0, 0.05) is 12.6 Å². The number of anilines is 1. The molecule has 0 radical (unpaired) electrons. The summed E-state index contributed by atoms with van der Waals surface area (Å²) in [5, 5.41) is 12.7. The quantitative estimate of drug-likeness (QED) is 0.343. The summed E-state index contributed by atoms with van der Waals surface area (Å²) in [6.07, 6.45) is 1.12. The Labute approximate surface area is 162 Å². The van der Waals surface area contributed by atoms with Crippen molar-refractivity contribution in [3.05, 3.63) is 77.2 Å². The Morgan fingerprint density at radius 2 is 1.57 bits per heavy atom. The normalized spacial score (nSPS) is 16.5. The number of methoxy groups -OCH3 is 2. The summed E-state index contributed by atoms with van der Waals surface area (Å²) in [4.78, 5) is 26.4. The molecule has 1 heterocycles. The molecule has 0 aromatic heterocycles. The van der Waals surface area contributed by atoms with Crippen molar-refractivity contribution in [2.45, 2.75) is 6.17 Å².